The van der Waals surface area contributed by atoms with Crippen molar-refractivity contribution >= 4 is 0 Å². The summed E-state index contributed by atoms with van der Waals surface area (Å²) in [4.78, 5) is 4.59. The SMILES string of the molecule is CC(C)C[C@H](CN)Cc1nc(C2Cc3ccccc32)no1. The highest BCUT2D eigenvalue weighted by molar-refractivity contribution is 5.43. The van der Waals surface area contributed by atoms with Gasteiger partial charge in [0.25, 0.3) is 0 Å². The van der Waals surface area contributed by atoms with E-state index in [1.807, 2.05) is 0 Å². The molecule has 0 saturated carbocycles. The second-order valence-corrected chi connectivity index (χ2v) is 6.44. The number of hydrogen-bond donors (Lipinski definition) is 1. The highest BCUT2D eigenvalue weighted by Gasteiger charge is 2.31. The predicted octanol–water partition coefficient (Wildman–Crippen LogP) is 2.92. The first-order chi connectivity index (χ1) is 10.2. The number of nitrogens with two attached hydrogens (primary N) is 1. The molecule has 1 aromatic heterocycles. The van der Waals surface area contributed by atoms with Gasteiger partial charge in [0.2, 0.25) is 5.89 Å². The van der Waals surface area contributed by atoms with Gasteiger partial charge in [0, 0.05) is 6.42 Å². The Morgan fingerprint density at radius 1 is 1.33 bits per heavy atom. The van der Waals surface area contributed by atoms with Gasteiger partial charge in [-0.2, -0.15) is 4.98 Å². The molecule has 0 fully saturated rings. The normalized spacial score (nSPS) is 18.4. The average Bonchev–Trinajstić information content (AvgIpc) is 2.87. The fourth-order valence-electron chi connectivity index (χ4n) is 3.16. The Morgan fingerprint density at radius 3 is 2.86 bits per heavy atom. The van der Waals surface area contributed by atoms with Crippen LogP contribution >= 0.6 is 0 Å². The van der Waals surface area contributed by atoms with Crippen LogP contribution in [0.1, 0.15) is 49.0 Å². The van der Waals surface area contributed by atoms with Crippen LogP contribution in [0.5, 0.6) is 0 Å². The van der Waals surface area contributed by atoms with Gasteiger partial charge in [0.15, 0.2) is 5.82 Å². The number of benzene rings is 1. The van der Waals surface area contributed by atoms with Crippen LogP contribution in [0.25, 0.3) is 0 Å². The largest absolute Gasteiger partial charge is 0.339 e. The van der Waals surface area contributed by atoms with Crippen LogP contribution in [0.15, 0.2) is 28.8 Å². The summed E-state index contributed by atoms with van der Waals surface area (Å²) < 4.78 is 5.43. The molecule has 2 N–H and O–H groups in total. The molecule has 4 nitrogen and oxygen atoms in total. The summed E-state index contributed by atoms with van der Waals surface area (Å²) in [7, 11) is 0. The molecule has 1 aliphatic rings. The van der Waals surface area contributed by atoms with Gasteiger partial charge >= 0.3 is 0 Å². The Balaban J connectivity index is 1.67. The molecule has 4 heteroatoms. The van der Waals surface area contributed by atoms with Crippen LogP contribution < -0.4 is 5.73 Å². The third-order valence-electron chi connectivity index (χ3n) is 4.25. The first kappa shape index (κ1) is 14.3. The Morgan fingerprint density at radius 2 is 2.14 bits per heavy atom. The van der Waals surface area contributed by atoms with Gasteiger partial charge in [0.05, 0.1) is 5.92 Å². The van der Waals surface area contributed by atoms with E-state index in [1.165, 1.54) is 11.1 Å². The third kappa shape index (κ3) is 3.00. The van der Waals surface area contributed by atoms with Crippen LogP contribution in [0.4, 0.5) is 0 Å². The van der Waals surface area contributed by atoms with Crippen molar-refractivity contribution in [3.63, 3.8) is 0 Å². The van der Waals surface area contributed by atoms with E-state index in [0.717, 1.165) is 31.0 Å². The Bertz CT molecular complexity index is 606. The molecule has 2 atom stereocenters. The van der Waals surface area contributed by atoms with E-state index in [2.05, 4.69) is 48.3 Å². The third-order valence-corrected chi connectivity index (χ3v) is 4.25. The minimum Gasteiger partial charge on any atom is -0.339 e. The quantitative estimate of drug-likeness (QED) is 0.886. The zero-order valence-corrected chi connectivity index (χ0v) is 12.7. The molecule has 3 rings (SSSR count). The van der Waals surface area contributed by atoms with Crippen molar-refractivity contribution in [2.45, 2.75) is 39.0 Å². The molecule has 0 saturated heterocycles. The summed E-state index contributed by atoms with van der Waals surface area (Å²) in [6.07, 6.45) is 2.90. The molecule has 0 radical (unpaired) electrons. The zero-order chi connectivity index (χ0) is 14.8. The molecule has 112 valence electrons. The van der Waals surface area contributed by atoms with E-state index >= 15 is 0 Å². The molecule has 0 spiro atoms. The molecule has 0 aliphatic heterocycles. The molecule has 0 amide bonds. The van der Waals surface area contributed by atoms with Crippen molar-refractivity contribution in [1.29, 1.82) is 0 Å². The monoisotopic (exact) mass is 285 g/mol. The zero-order valence-electron chi connectivity index (χ0n) is 12.7. The standard InChI is InChI=1S/C17H23N3O/c1-11(2)7-12(10-18)8-16-19-17(20-21-16)15-9-13-5-3-4-6-14(13)15/h3-6,11-12,15H,7-10,18H2,1-2H3/t12-,15?/m0/s1. The second kappa shape index (κ2) is 5.98. The van der Waals surface area contributed by atoms with Gasteiger partial charge in [-0.3, -0.25) is 0 Å². The number of fused-ring (bicyclic) bond motifs is 1. The van der Waals surface area contributed by atoms with Crippen molar-refractivity contribution in [3.8, 4) is 0 Å². The molecule has 2 aromatic rings. The van der Waals surface area contributed by atoms with Crippen LogP contribution in [0.3, 0.4) is 0 Å². The minimum absolute atomic E-state index is 0.306. The smallest absolute Gasteiger partial charge is 0.226 e. The molecule has 1 heterocycles. The summed E-state index contributed by atoms with van der Waals surface area (Å²) >= 11 is 0. The van der Waals surface area contributed by atoms with Crippen molar-refractivity contribution in [2.24, 2.45) is 17.6 Å². The maximum absolute atomic E-state index is 5.85. The summed E-state index contributed by atoms with van der Waals surface area (Å²) in [5.41, 5.74) is 8.58. The molecule has 1 aromatic carbocycles. The van der Waals surface area contributed by atoms with Gasteiger partial charge in [-0.1, -0.05) is 43.3 Å². The highest BCUT2D eigenvalue weighted by atomic mass is 16.5. The predicted molar refractivity (Wildman–Crippen MR) is 82.0 cm³/mol. The van der Waals surface area contributed by atoms with E-state index in [4.69, 9.17) is 10.3 Å². The second-order valence-electron chi connectivity index (χ2n) is 6.44. The lowest BCUT2D eigenvalue weighted by atomic mass is 9.77. The summed E-state index contributed by atoms with van der Waals surface area (Å²) in [5.74, 6) is 2.92. The van der Waals surface area contributed by atoms with E-state index in [9.17, 15) is 0 Å². The van der Waals surface area contributed by atoms with Crippen LogP contribution in [0.2, 0.25) is 0 Å². The molecule has 1 unspecified atom stereocenters. The van der Waals surface area contributed by atoms with Gasteiger partial charge in [-0.25, -0.2) is 0 Å². The minimum atomic E-state index is 0.306. The molecular formula is C17H23N3O. The highest BCUT2D eigenvalue weighted by Crippen LogP contribution is 2.38. The van der Waals surface area contributed by atoms with Crippen LogP contribution in [0, 0.1) is 11.8 Å². The molecule has 1 aliphatic carbocycles. The first-order valence-corrected chi connectivity index (χ1v) is 7.77. The van der Waals surface area contributed by atoms with Crippen molar-refractivity contribution < 1.29 is 4.52 Å². The van der Waals surface area contributed by atoms with Crippen molar-refractivity contribution in [2.75, 3.05) is 6.54 Å². The topological polar surface area (TPSA) is 64.9 Å². The summed E-state index contributed by atoms with van der Waals surface area (Å²) in [6.45, 7) is 5.10. The van der Waals surface area contributed by atoms with E-state index in [0.29, 0.717) is 24.3 Å². The molecular weight excluding hydrogens is 262 g/mol. The molecule has 21 heavy (non-hydrogen) atoms. The van der Waals surface area contributed by atoms with E-state index < -0.39 is 0 Å². The molecule has 0 bridgehead atoms. The summed E-state index contributed by atoms with van der Waals surface area (Å²) in [6, 6.07) is 8.47. The van der Waals surface area contributed by atoms with Crippen molar-refractivity contribution in [1.82, 2.24) is 10.1 Å². The lowest BCUT2D eigenvalue weighted by molar-refractivity contribution is 0.328. The maximum atomic E-state index is 5.85. The fraction of sp³-hybridized carbons (Fsp3) is 0.529. The van der Waals surface area contributed by atoms with Gasteiger partial charge in [-0.05, 0) is 42.3 Å². The number of aromatic nitrogens is 2. The van der Waals surface area contributed by atoms with Gasteiger partial charge in [0.1, 0.15) is 0 Å². The Kier molecular flexibility index (Phi) is 4.06. The Labute approximate surface area is 125 Å². The number of nitrogens with zero attached hydrogens (tertiary/aromatic N) is 2. The lowest BCUT2D eigenvalue weighted by Crippen LogP contribution is -2.20. The summed E-state index contributed by atoms with van der Waals surface area (Å²) in [5, 5.41) is 4.18. The van der Waals surface area contributed by atoms with Crippen LogP contribution in [-0.4, -0.2) is 16.7 Å². The first-order valence-electron chi connectivity index (χ1n) is 7.77. The van der Waals surface area contributed by atoms with E-state index in [1.54, 1.807) is 0 Å². The lowest BCUT2D eigenvalue weighted by Gasteiger charge is -2.27. The van der Waals surface area contributed by atoms with Gasteiger partial charge < -0.3 is 10.3 Å². The Hall–Kier alpha value is -1.68. The number of hydrogen-bond acceptors (Lipinski definition) is 4. The maximum Gasteiger partial charge on any atom is 0.226 e. The fourth-order valence-corrected chi connectivity index (χ4v) is 3.16. The van der Waals surface area contributed by atoms with E-state index in [-0.39, 0.29) is 0 Å². The van der Waals surface area contributed by atoms with Crippen molar-refractivity contribution in [3.05, 3.63) is 47.1 Å². The van der Waals surface area contributed by atoms with Gasteiger partial charge in [-0.15, -0.1) is 0 Å². The van der Waals surface area contributed by atoms with Crippen LogP contribution in [-0.2, 0) is 12.8 Å². The average molecular weight is 285 g/mol. The number of rotatable bonds is 6.